The van der Waals surface area contributed by atoms with Gasteiger partial charge in [-0.2, -0.15) is 0 Å². The van der Waals surface area contributed by atoms with Crippen molar-refractivity contribution in [1.82, 2.24) is 30.6 Å². The molecule has 12 nitrogen and oxygen atoms in total. The van der Waals surface area contributed by atoms with Crippen LogP contribution in [0.25, 0.3) is 0 Å². The molecule has 2 aromatic heterocycles. The third-order valence-corrected chi connectivity index (χ3v) is 14.1. The molecule has 6 rings (SSSR count). The van der Waals surface area contributed by atoms with Crippen molar-refractivity contribution in [2.24, 2.45) is 0 Å². The van der Waals surface area contributed by atoms with E-state index in [1.54, 1.807) is 24.8 Å². The molecule has 2 saturated heterocycles. The molecule has 0 unspecified atom stereocenters. The number of rotatable bonds is 9. The predicted octanol–water partition coefficient (Wildman–Crippen LogP) is -0.163. The number of ether oxygens (including phenoxy) is 2. The monoisotopic (exact) mass is 634 g/mol. The summed E-state index contributed by atoms with van der Waals surface area (Å²) in [6.45, 7) is 7.57. The van der Waals surface area contributed by atoms with Crippen LogP contribution in [0.5, 0.6) is 17.5 Å². The van der Waals surface area contributed by atoms with E-state index in [0.717, 1.165) is 72.9 Å². The second-order valence-corrected chi connectivity index (χ2v) is 16.2. The van der Waals surface area contributed by atoms with Crippen molar-refractivity contribution in [2.45, 2.75) is 6.42 Å². The van der Waals surface area contributed by atoms with Crippen LogP contribution in [0.3, 0.4) is 0 Å². The van der Waals surface area contributed by atoms with E-state index in [0.29, 0.717) is 37.1 Å². The van der Waals surface area contributed by atoms with Crippen LogP contribution < -0.4 is 33.2 Å². The molecule has 0 saturated carbocycles. The van der Waals surface area contributed by atoms with E-state index in [1.807, 2.05) is 18.2 Å². The summed E-state index contributed by atoms with van der Waals surface area (Å²) in [6.07, 6.45) is 6.95. The number of piperazine rings is 2. The Bertz CT molecular complexity index is 1300. The molecule has 3 aliphatic rings. The quantitative estimate of drug-likeness (QED) is 0.304. The van der Waals surface area contributed by atoms with Gasteiger partial charge in [0.15, 0.2) is 0 Å². The van der Waals surface area contributed by atoms with E-state index >= 15 is 0 Å². The molecule has 0 aliphatic carbocycles. The predicted molar refractivity (Wildman–Crippen MR) is 146 cm³/mol. The summed E-state index contributed by atoms with van der Waals surface area (Å²) in [5, 5.41) is 6.69. The third kappa shape index (κ3) is 5.96. The van der Waals surface area contributed by atoms with Crippen molar-refractivity contribution in [3.05, 3.63) is 48.5 Å². The van der Waals surface area contributed by atoms with Gasteiger partial charge >= 0.3 is 236 Å². The van der Waals surface area contributed by atoms with Gasteiger partial charge in [0.1, 0.15) is 0 Å². The van der Waals surface area contributed by atoms with E-state index in [2.05, 4.69) is 40.4 Å². The zero-order valence-corrected chi connectivity index (χ0v) is 25.0. The second-order valence-electron chi connectivity index (χ2n) is 9.51. The minimum absolute atomic E-state index is 0.199. The number of aromatic nitrogens is 4. The standard InChI is InChI=1S/C16H16N4O2.C10H15N4O2.In/c21-12-5-13-3-1-2-4-14(13)22-16-15(18-6-7-19-16)20-10-8-17-9-11-20;15-7-8-16-10-9(12-1-2-13-10)14-5-3-11-4-6-14;/h1-2,4,6-7,17H,5,8-11H2;1-2,11H,3-8H2;/q;-1;+1. The molecule has 13 heteroatoms. The number of hydrogen-bond acceptors (Lipinski definition) is 12. The van der Waals surface area contributed by atoms with Crippen molar-refractivity contribution in [1.29, 1.82) is 0 Å². The summed E-state index contributed by atoms with van der Waals surface area (Å²) >= 11 is -3.17. The number of benzene rings is 1. The molecule has 5 heterocycles. The molecule has 2 N–H and O–H groups in total. The fraction of sp³-hybridized carbons (Fsp3) is 0.423. The number of carbonyl (C=O) groups is 1. The molecule has 3 aliphatic heterocycles. The van der Waals surface area contributed by atoms with Gasteiger partial charge in [-0.25, -0.2) is 0 Å². The van der Waals surface area contributed by atoms with Crippen LogP contribution in [-0.2, 0) is 14.1 Å². The van der Waals surface area contributed by atoms with E-state index in [1.165, 1.54) is 0 Å². The van der Waals surface area contributed by atoms with Gasteiger partial charge in [-0.3, -0.25) is 0 Å². The fourth-order valence-corrected chi connectivity index (χ4v) is 11.7. The van der Waals surface area contributed by atoms with Crippen LogP contribution in [0, 0.1) is 0 Å². The van der Waals surface area contributed by atoms with Crippen LogP contribution in [0.4, 0.5) is 11.6 Å². The summed E-state index contributed by atoms with van der Waals surface area (Å²) < 4.78 is 19.7. The summed E-state index contributed by atoms with van der Waals surface area (Å²) in [5.41, 5.74) is 0.913. The Morgan fingerprint density at radius 1 is 0.795 bits per heavy atom. The minimum atomic E-state index is -3.17. The van der Waals surface area contributed by atoms with Crippen molar-refractivity contribution in [3.63, 3.8) is 0 Å². The molecule has 39 heavy (non-hydrogen) atoms. The Hall–Kier alpha value is -3.00. The van der Waals surface area contributed by atoms with Gasteiger partial charge in [0, 0.05) is 0 Å². The maximum atomic E-state index is 13.1. The average molecular weight is 634 g/mol. The average Bonchev–Trinajstić information content (AvgIpc) is 3.32. The molecule has 0 spiro atoms. The van der Waals surface area contributed by atoms with Crippen molar-refractivity contribution >= 4 is 40.4 Å². The van der Waals surface area contributed by atoms with Gasteiger partial charge in [-0.05, 0) is 0 Å². The van der Waals surface area contributed by atoms with E-state index in [4.69, 9.17) is 12.3 Å². The van der Waals surface area contributed by atoms with E-state index in [9.17, 15) is 4.79 Å². The topological polar surface area (TPSA) is 127 Å². The van der Waals surface area contributed by atoms with Crippen molar-refractivity contribution < 1.29 is 17.1 Å². The molecular weight excluding hydrogens is 603 g/mol. The summed E-state index contributed by atoms with van der Waals surface area (Å²) in [6, 6.07) is 5.83. The Morgan fingerprint density at radius 2 is 1.41 bits per heavy atom. The first-order chi connectivity index (χ1) is 19.3. The second kappa shape index (κ2) is 12.5. The molecule has 202 valence electrons. The Morgan fingerprint density at radius 3 is 2.10 bits per heavy atom. The normalized spacial score (nSPS) is 17.3. The van der Waals surface area contributed by atoms with Gasteiger partial charge in [0.05, 0.1) is 0 Å². The first-order valence-electron chi connectivity index (χ1n) is 13.4. The Kier molecular flexibility index (Phi) is 8.38. The van der Waals surface area contributed by atoms with Crippen LogP contribution in [0.1, 0.15) is 5.56 Å². The third-order valence-electron chi connectivity index (χ3n) is 7.03. The summed E-state index contributed by atoms with van der Waals surface area (Å²) in [5.74, 6) is 3.07. The van der Waals surface area contributed by atoms with Gasteiger partial charge < -0.3 is 0 Å². The van der Waals surface area contributed by atoms with Crippen LogP contribution in [0.15, 0.2) is 43.0 Å². The molecule has 1 aromatic carbocycles. The van der Waals surface area contributed by atoms with Crippen molar-refractivity contribution in [3.8, 4) is 17.5 Å². The molecule has 0 amide bonds. The van der Waals surface area contributed by atoms with Gasteiger partial charge in [0.25, 0.3) is 0 Å². The SMILES string of the molecule is O=[C]1Cc2c(Oc3nccnc3N3CCNCC3)ccc[c]2[In]1[O]CCOc1nccnc1N1CCNCC1. The molecule has 3 aromatic rings. The van der Waals surface area contributed by atoms with Gasteiger partial charge in [0.2, 0.25) is 0 Å². The van der Waals surface area contributed by atoms with Crippen LogP contribution >= 0.6 is 0 Å². The Labute approximate surface area is 235 Å². The Balaban J connectivity index is 1.11. The number of anilines is 2. The molecule has 0 atom stereocenters. The van der Waals surface area contributed by atoms with Gasteiger partial charge in [-0.1, -0.05) is 0 Å². The van der Waals surface area contributed by atoms with Crippen molar-refractivity contribution in [2.75, 3.05) is 75.4 Å². The summed E-state index contributed by atoms with van der Waals surface area (Å²) in [4.78, 5) is 35.3. The number of nitrogens with zero attached hydrogens (tertiary/aromatic N) is 6. The molecular formula is C26H31InN8O4. The maximum absolute atomic E-state index is 13.1. The number of fused-ring (bicyclic) bond motifs is 1. The van der Waals surface area contributed by atoms with E-state index < -0.39 is 21.9 Å². The van der Waals surface area contributed by atoms with Crippen LogP contribution in [-0.4, -0.2) is 111 Å². The fourth-order valence-electron chi connectivity index (χ4n) is 5.14. The molecule has 2 fully saturated rings. The number of nitrogens with one attached hydrogen (secondary N) is 2. The van der Waals surface area contributed by atoms with Gasteiger partial charge in [-0.15, -0.1) is 0 Å². The number of hydrogen-bond donors (Lipinski definition) is 2. The number of carbonyl (C=O) groups excluding carboxylic acids is 1. The van der Waals surface area contributed by atoms with E-state index in [-0.39, 0.29) is 3.54 Å². The zero-order chi connectivity index (χ0) is 26.4. The zero-order valence-electron chi connectivity index (χ0n) is 21.7. The molecule has 0 radical (unpaired) electrons. The molecule has 0 bridgehead atoms. The first kappa shape index (κ1) is 26.2. The first-order valence-corrected chi connectivity index (χ1v) is 18.0. The summed E-state index contributed by atoms with van der Waals surface area (Å²) in [7, 11) is 0. The van der Waals surface area contributed by atoms with Crippen LogP contribution in [0.2, 0.25) is 0 Å².